The van der Waals surface area contributed by atoms with Crippen LogP contribution in [0.1, 0.15) is 31.4 Å². The second-order valence-electron chi connectivity index (χ2n) is 6.11. The Morgan fingerprint density at radius 1 is 1.45 bits per heavy atom. The van der Waals surface area contributed by atoms with Gasteiger partial charge in [-0.15, -0.1) is 0 Å². The van der Waals surface area contributed by atoms with Gasteiger partial charge in [0.15, 0.2) is 5.96 Å². The molecule has 4 nitrogen and oxygen atoms in total. The quantitative estimate of drug-likeness (QED) is 0.635. The molecule has 2 rings (SSSR count). The van der Waals surface area contributed by atoms with Gasteiger partial charge in [-0.25, -0.2) is 0 Å². The van der Waals surface area contributed by atoms with E-state index in [2.05, 4.69) is 68.6 Å². The molecule has 0 saturated carbocycles. The number of nitrogens with one attached hydrogen (secondary N) is 2. The van der Waals surface area contributed by atoms with E-state index in [0.29, 0.717) is 5.92 Å². The Balaban J connectivity index is 1.86. The van der Waals surface area contributed by atoms with Crippen LogP contribution in [0.5, 0.6) is 0 Å². The van der Waals surface area contributed by atoms with E-state index in [-0.39, 0.29) is 6.04 Å². The number of rotatable bonds is 4. The first-order chi connectivity index (χ1) is 10.6. The first-order valence-electron chi connectivity index (χ1n) is 8.00. The summed E-state index contributed by atoms with van der Waals surface area (Å²) in [5.74, 6) is 1.58. The van der Waals surface area contributed by atoms with Crippen LogP contribution in [0.25, 0.3) is 0 Å². The fourth-order valence-electron chi connectivity index (χ4n) is 2.98. The van der Waals surface area contributed by atoms with Gasteiger partial charge in [-0.1, -0.05) is 34.1 Å². The number of likely N-dealkylation sites (tertiary alicyclic amines) is 1. The monoisotopic (exact) mass is 366 g/mol. The third-order valence-electron chi connectivity index (χ3n) is 4.23. The fourth-order valence-corrected chi connectivity index (χ4v) is 3.61. The molecule has 0 radical (unpaired) electrons. The van der Waals surface area contributed by atoms with Crippen molar-refractivity contribution in [1.29, 1.82) is 0 Å². The summed E-state index contributed by atoms with van der Waals surface area (Å²) in [5, 5.41) is 6.95. The summed E-state index contributed by atoms with van der Waals surface area (Å²) in [6, 6.07) is 8.50. The average Bonchev–Trinajstić information content (AvgIpc) is 2.51. The second kappa shape index (κ2) is 8.53. The van der Waals surface area contributed by atoms with Gasteiger partial charge >= 0.3 is 0 Å². The summed E-state index contributed by atoms with van der Waals surface area (Å²) < 4.78 is 1.12. The Hall–Kier alpha value is -1.07. The minimum Gasteiger partial charge on any atom is -0.356 e. The maximum atomic E-state index is 4.35. The van der Waals surface area contributed by atoms with Crippen molar-refractivity contribution in [3.05, 3.63) is 34.3 Å². The van der Waals surface area contributed by atoms with E-state index in [1.807, 2.05) is 13.1 Å². The van der Waals surface area contributed by atoms with Gasteiger partial charge in [0, 0.05) is 24.6 Å². The van der Waals surface area contributed by atoms with Crippen molar-refractivity contribution in [2.75, 3.05) is 33.7 Å². The van der Waals surface area contributed by atoms with Gasteiger partial charge < -0.3 is 15.5 Å². The van der Waals surface area contributed by atoms with E-state index >= 15 is 0 Å². The molecule has 122 valence electrons. The van der Waals surface area contributed by atoms with Crippen LogP contribution in [0.15, 0.2) is 33.7 Å². The molecule has 1 aromatic carbocycles. The molecule has 2 N–H and O–H groups in total. The van der Waals surface area contributed by atoms with E-state index in [0.717, 1.165) is 17.0 Å². The lowest BCUT2D eigenvalue weighted by Gasteiger charge is -2.30. The number of aliphatic imine (C=N–C) groups is 1. The first kappa shape index (κ1) is 17.3. The van der Waals surface area contributed by atoms with Crippen molar-refractivity contribution in [2.24, 2.45) is 10.9 Å². The van der Waals surface area contributed by atoms with Crippen molar-refractivity contribution < 1.29 is 0 Å². The van der Waals surface area contributed by atoms with E-state index in [4.69, 9.17) is 0 Å². The summed E-state index contributed by atoms with van der Waals surface area (Å²) in [6.07, 6.45) is 2.59. The summed E-state index contributed by atoms with van der Waals surface area (Å²) >= 11 is 3.61. The van der Waals surface area contributed by atoms with E-state index in [9.17, 15) is 0 Å². The van der Waals surface area contributed by atoms with Crippen molar-refractivity contribution in [1.82, 2.24) is 15.5 Å². The zero-order valence-corrected chi connectivity index (χ0v) is 15.4. The zero-order chi connectivity index (χ0) is 15.9. The SMILES string of the molecule is CN=C(NCC1CCCN(C)C1)NC(C)c1ccccc1Br. The van der Waals surface area contributed by atoms with Gasteiger partial charge in [0.05, 0.1) is 6.04 Å². The summed E-state index contributed by atoms with van der Waals surface area (Å²) in [5.41, 5.74) is 1.24. The average molecular weight is 367 g/mol. The molecule has 1 aliphatic rings. The minimum atomic E-state index is 0.204. The number of benzene rings is 1. The molecule has 0 bridgehead atoms. The van der Waals surface area contributed by atoms with E-state index in [1.54, 1.807) is 0 Å². The molecule has 22 heavy (non-hydrogen) atoms. The minimum absolute atomic E-state index is 0.204. The summed E-state index contributed by atoms with van der Waals surface area (Å²) in [7, 11) is 4.03. The third-order valence-corrected chi connectivity index (χ3v) is 4.95. The van der Waals surface area contributed by atoms with E-state index < -0.39 is 0 Å². The largest absolute Gasteiger partial charge is 0.356 e. The maximum Gasteiger partial charge on any atom is 0.191 e. The number of hydrogen-bond acceptors (Lipinski definition) is 2. The van der Waals surface area contributed by atoms with E-state index in [1.165, 1.54) is 31.5 Å². The van der Waals surface area contributed by atoms with Crippen molar-refractivity contribution in [3.63, 3.8) is 0 Å². The second-order valence-corrected chi connectivity index (χ2v) is 6.97. The van der Waals surface area contributed by atoms with Crippen LogP contribution in [0.4, 0.5) is 0 Å². The van der Waals surface area contributed by atoms with Gasteiger partial charge in [0.1, 0.15) is 0 Å². The van der Waals surface area contributed by atoms with Gasteiger partial charge in [0.25, 0.3) is 0 Å². The molecule has 1 aliphatic heterocycles. The molecule has 1 saturated heterocycles. The van der Waals surface area contributed by atoms with Crippen LogP contribution in [0.3, 0.4) is 0 Å². The molecule has 2 atom stereocenters. The predicted octanol–water partition coefficient (Wildman–Crippen LogP) is 3.02. The Morgan fingerprint density at radius 3 is 2.91 bits per heavy atom. The highest BCUT2D eigenvalue weighted by atomic mass is 79.9. The van der Waals surface area contributed by atoms with Crippen LogP contribution in [-0.4, -0.2) is 44.6 Å². The Morgan fingerprint density at radius 2 is 2.23 bits per heavy atom. The molecule has 1 heterocycles. The van der Waals surface area contributed by atoms with Crippen LogP contribution in [0.2, 0.25) is 0 Å². The molecule has 0 aliphatic carbocycles. The van der Waals surface area contributed by atoms with Gasteiger partial charge in [-0.3, -0.25) is 4.99 Å². The standard InChI is InChI=1S/C17H27BrN4/c1-13(15-8-4-5-9-16(15)18)21-17(19-2)20-11-14-7-6-10-22(3)12-14/h4-5,8-9,13-14H,6-7,10-12H2,1-3H3,(H2,19,20,21). The smallest absolute Gasteiger partial charge is 0.191 e. The zero-order valence-electron chi connectivity index (χ0n) is 13.8. The summed E-state index contributed by atoms with van der Waals surface area (Å²) in [6.45, 7) is 5.53. The maximum absolute atomic E-state index is 4.35. The normalized spacial score (nSPS) is 21.5. The number of piperidine rings is 1. The van der Waals surface area contributed by atoms with Crippen molar-refractivity contribution in [3.8, 4) is 0 Å². The highest BCUT2D eigenvalue weighted by Gasteiger charge is 2.18. The Labute approximate surface area is 142 Å². The van der Waals surface area contributed by atoms with Gasteiger partial charge in [-0.2, -0.15) is 0 Å². The number of halogens is 1. The molecule has 0 aromatic heterocycles. The third kappa shape index (κ3) is 4.99. The Kier molecular flexibility index (Phi) is 6.70. The molecule has 1 aromatic rings. The molecule has 0 amide bonds. The highest BCUT2D eigenvalue weighted by Crippen LogP contribution is 2.22. The predicted molar refractivity (Wildman–Crippen MR) is 97.3 cm³/mol. The fraction of sp³-hybridized carbons (Fsp3) is 0.588. The lowest BCUT2D eigenvalue weighted by molar-refractivity contribution is 0.210. The van der Waals surface area contributed by atoms with Crippen LogP contribution in [0, 0.1) is 5.92 Å². The number of nitrogens with zero attached hydrogens (tertiary/aromatic N) is 2. The lowest BCUT2D eigenvalue weighted by atomic mass is 9.98. The first-order valence-corrected chi connectivity index (χ1v) is 8.79. The molecular weight excluding hydrogens is 340 g/mol. The highest BCUT2D eigenvalue weighted by molar-refractivity contribution is 9.10. The molecule has 0 spiro atoms. The lowest BCUT2D eigenvalue weighted by Crippen LogP contribution is -2.44. The topological polar surface area (TPSA) is 39.7 Å². The molecule has 1 fully saturated rings. The molecule has 5 heteroatoms. The van der Waals surface area contributed by atoms with Crippen LogP contribution >= 0.6 is 15.9 Å². The van der Waals surface area contributed by atoms with Crippen molar-refractivity contribution in [2.45, 2.75) is 25.8 Å². The van der Waals surface area contributed by atoms with Crippen molar-refractivity contribution >= 4 is 21.9 Å². The number of hydrogen-bond donors (Lipinski definition) is 2. The molecule has 2 unspecified atom stereocenters. The van der Waals surface area contributed by atoms with Crippen LogP contribution in [-0.2, 0) is 0 Å². The van der Waals surface area contributed by atoms with Crippen LogP contribution < -0.4 is 10.6 Å². The number of guanidine groups is 1. The Bertz CT molecular complexity index is 503. The van der Waals surface area contributed by atoms with Gasteiger partial charge in [0.2, 0.25) is 0 Å². The summed E-state index contributed by atoms with van der Waals surface area (Å²) in [4.78, 5) is 6.76. The molecular formula is C17H27BrN4. The van der Waals surface area contributed by atoms with Gasteiger partial charge in [-0.05, 0) is 50.9 Å².